The van der Waals surface area contributed by atoms with Gasteiger partial charge in [-0.3, -0.25) is 9.59 Å². The second kappa shape index (κ2) is 8.80. The molecule has 0 spiro atoms. The molecule has 1 fully saturated rings. The minimum absolute atomic E-state index is 0.0696. The van der Waals surface area contributed by atoms with Crippen molar-refractivity contribution in [3.8, 4) is 0 Å². The maximum Gasteiger partial charge on any atom is 0.220 e. The van der Waals surface area contributed by atoms with Crippen LogP contribution in [0, 0.1) is 0 Å². The monoisotopic (exact) mass is 332 g/mol. The number of ketones is 1. The van der Waals surface area contributed by atoms with Gasteiger partial charge >= 0.3 is 0 Å². The van der Waals surface area contributed by atoms with Crippen LogP contribution in [-0.4, -0.2) is 55.9 Å². The predicted molar refractivity (Wildman–Crippen MR) is 95.9 cm³/mol. The van der Waals surface area contributed by atoms with Crippen LogP contribution in [0.1, 0.15) is 25.3 Å². The van der Waals surface area contributed by atoms with E-state index in [0.29, 0.717) is 13.0 Å². The van der Waals surface area contributed by atoms with E-state index >= 15 is 0 Å². The Balaban J connectivity index is 1.88. The van der Waals surface area contributed by atoms with Crippen molar-refractivity contribution in [2.24, 2.45) is 5.73 Å². The van der Waals surface area contributed by atoms with Crippen LogP contribution in [0.2, 0.25) is 0 Å². The molecule has 1 aromatic rings. The summed E-state index contributed by atoms with van der Waals surface area (Å²) in [6, 6.07) is 7.64. The van der Waals surface area contributed by atoms with Crippen LogP contribution in [0.3, 0.4) is 0 Å². The third-order valence-corrected chi connectivity index (χ3v) is 4.52. The Morgan fingerprint density at radius 2 is 1.88 bits per heavy atom. The predicted octanol–water partition coefficient (Wildman–Crippen LogP) is 0.751. The summed E-state index contributed by atoms with van der Waals surface area (Å²) in [7, 11) is 2.13. The van der Waals surface area contributed by atoms with E-state index in [1.54, 1.807) is 0 Å². The van der Waals surface area contributed by atoms with E-state index < -0.39 is 6.04 Å². The van der Waals surface area contributed by atoms with Crippen LogP contribution in [0.5, 0.6) is 0 Å². The van der Waals surface area contributed by atoms with Crippen LogP contribution in [0.25, 0.3) is 0 Å². The summed E-state index contributed by atoms with van der Waals surface area (Å²) < 4.78 is 0. The van der Waals surface area contributed by atoms with Gasteiger partial charge in [-0.05, 0) is 32.0 Å². The Morgan fingerprint density at radius 3 is 2.54 bits per heavy atom. The fraction of sp³-hybridized carbons (Fsp3) is 0.556. The largest absolute Gasteiger partial charge is 0.369 e. The minimum Gasteiger partial charge on any atom is -0.369 e. The lowest BCUT2D eigenvalue weighted by Crippen LogP contribution is -2.45. The van der Waals surface area contributed by atoms with Crippen molar-refractivity contribution in [3.05, 3.63) is 29.8 Å². The van der Waals surface area contributed by atoms with Gasteiger partial charge in [0.15, 0.2) is 0 Å². The van der Waals surface area contributed by atoms with Crippen molar-refractivity contribution in [2.75, 3.05) is 38.1 Å². The topological polar surface area (TPSA) is 78.7 Å². The van der Waals surface area contributed by atoms with Crippen LogP contribution < -0.4 is 16.0 Å². The SMILES string of the molecule is CC(=O)[C@@H](N)CCC(=O)NCc1ccccc1N1CCN(C)CC1. The maximum absolute atomic E-state index is 12.0. The standard InChI is InChI=1S/C18H28N4O2/c1-14(23)16(19)7-8-18(24)20-13-15-5-3-4-6-17(15)22-11-9-21(2)10-12-22/h3-6,16H,7-13,19H2,1-2H3,(H,20,24)/t16-/m0/s1. The molecule has 1 amide bonds. The van der Waals surface area contributed by atoms with Crippen molar-refractivity contribution < 1.29 is 9.59 Å². The molecule has 0 radical (unpaired) electrons. The highest BCUT2D eigenvalue weighted by Gasteiger charge is 2.17. The average Bonchev–Trinajstić information content (AvgIpc) is 2.58. The fourth-order valence-corrected chi connectivity index (χ4v) is 2.79. The van der Waals surface area contributed by atoms with E-state index in [1.807, 2.05) is 12.1 Å². The number of nitrogens with zero attached hydrogens (tertiary/aromatic N) is 2. The van der Waals surface area contributed by atoms with Crippen LogP contribution in [-0.2, 0) is 16.1 Å². The minimum atomic E-state index is -0.548. The zero-order valence-electron chi connectivity index (χ0n) is 14.6. The number of nitrogens with two attached hydrogens (primary N) is 1. The molecular formula is C18H28N4O2. The summed E-state index contributed by atoms with van der Waals surface area (Å²) >= 11 is 0. The second-order valence-electron chi connectivity index (χ2n) is 6.45. The molecule has 1 atom stereocenters. The van der Waals surface area contributed by atoms with Crippen molar-refractivity contribution in [1.29, 1.82) is 0 Å². The number of benzene rings is 1. The third kappa shape index (κ3) is 5.32. The zero-order valence-corrected chi connectivity index (χ0v) is 14.6. The summed E-state index contributed by atoms with van der Waals surface area (Å²) in [6.45, 7) is 6.03. The third-order valence-electron chi connectivity index (χ3n) is 4.52. The maximum atomic E-state index is 12.0. The van der Waals surface area contributed by atoms with Gasteiger partial charge in [0.05, 0.1) is 6.04 Å². The van der Waals surface area contributed by atoms with E-state index in [4.69, 9.17) is 5.73 Å². The number of hydrogen-bond donors (Lipinski definition) is 2. The molecule has 0 aliphatic carbocycles. The fourth-order valence-electron chi connectivity index (χ4n) is 2.79. The Bertz CT molecular complexity index is 568. The molecule has 1 heterocycles. The summed E-state index contributed by atoms with van der Waals surface area (Å²) in [5.74, 6) is -0.150. The van der Waals surface area contributed by atoms with Crippen molar-refractivity contribution in [1.82, 2.24) is 10.2 Å². The molecule has 1 aromatic carbocycles. The summed E-state index contributed by atoms with van der Waals surface area (Å²) in [4.78, 5) is 27.8. The number of para-hydroxylation sites is 1. The highest BCUT2D eigenvalue weighted by Crippen LogP contribution is 2.21. The van der Waals surface area contributed by atoms with Gasteiger partial charge in [0, 0.05) is 44.8 Å². The molecule has 6 heteroatoms. The Kier molecular flexibility index (Phi) is 6.75. The highest BCUT2D eigenvalue weighted by molar-refractivity contribution is 5.82. The molecule has 0 bridgehead atoms. The van der Waals surface area contributed by atoms with Crippen LogP contribution in [0.15, 0.2) is 24.3 Å². The highest BCUT2D eigenvalue weighted by atomic mass is 16.1. The Labute approximate surface area is 144 Å². The molecule has 24 heavy (non-hydrogen) atoms. The molecule has 1 aliphatic rings. The first kappa shape index (κ1) is 18.4. The first-order valence-corrected chi connectivity index (χ1v) is 8.51. The smallest absolute Gasteiger partial charge is 0.220 e. The number of nitrogens with one attached hydrogen (secondary N) is 1. The molecule has 132 valence electrons. The van der Waals surface area contributed by atoms with E-state index in [2.05, 4.69) is 34.3 Å². The molecule has 1 saturated heterocycles. The molecular weight excluding hydrogens is 304 g/mol. The number of piperazine rings is 1. The molecule has 3 N–H and O–H groups in total. The number of hydrogen-bond acceptors (Lipinski definition) is 5. The van der Waals surface area contributed by atoms with Crippen LogP contribution >= 0.6 is 0 Å². The lowest BCUT2D eigenvalue weighted by Gasteiger charge is -2.35. The molecule has 1 aliphatic heterocycles. The first-order chi connectivity index (χ1) is 11.5. The van der Waals surface area contributed by atoms with Gasteiger partial charge in [0.25, 0.3) is 0 Å². The van der Waals surface area contributed by atoms with E-state index in [1.165, 1.54) is 12.6 Å². The van der Waals surface area contributed by atoms with E-state index in [-0.39, 0.29) is 18.1 Å². The molecule has 0 aromatic heterocycles. The molecule has 2 rings (SSSR count). The number of carbonyl (C=O) groups is 2. The summed E-state index contributed by atoms with van der Waals surface area (Å²) in [5.41, 5.74) is 7.97. The van der Waals surface area contributed by atoms with Gasteiger partial charge in [-0.1, -0.05) is 18.2 Å². The Morgan fingerprint density at radius 1 is 1.21 bits per heavy atom. The first-order valence-electron chi connectivity index (χ1n) is 8.51. The van der Waals surface area contributed by atoms with Crippen molar-refractivity contribution in [2.45, 2.75) is 32.4 Å². The number of likely N-dealkylation sites (N-methyl/N-ethyl adjacent to an activating group) is 1. The van der Waals surface area contributed by atoms with Crippen molar-refractivity contribution in [3.63, 3.8) is 0 Å². The van der Waals surface area contributed by atoms with E-state index in [9.17, 15) is 9.59 Å². The number of rotatable bonds is 7. The van der Waals surface area contributed by atoms with Gasteiger partial charge < -0.3 is 20.9 Å². The van der Waals surface area contributed by atoms with Gasteiger partial charge in [-0.2, -0.15) is 0 Å². The lowest BCUT2D eigenvalue weighted by atomic mass is 10.1. The quantitative estimate of drug-likeness (QED) is 0.770. The number of carbonyl (C=O) groups excluding carboxylic acids is 2. The number of Topliss-reactive ketones (excluding diaryl/α,β-unsaturated/α-hetero) is 1. The van der Waals surface area contributed by atoms with Gasteiger partial charge in [-0.15, -0.1) is 0 Å². The lowest BCUT2D eigenvalue weighted by molar-refractivity contribution is -0.121. The normalized spacial score (nSPS) is 16.7. The number of anilines is 1. The molecule has 0 unspecified atom stereocenters. The van der Waals surface area contributed by atoms with Crippen LogP contribution in [0.4, 0.5) is 5.69 Å². The summed E-state index contributed by atoms with van der Waals surface area (Å²) in [5, 5.41) is 2.94. The summed E-state index contributed by atoms with van der Waals surface area (Å²) in [6.07, 6.45) is 0.665. The van der Waals surface area contributed by atoms with Crippen molar-refractivity contribution >= 4 is 17.4 Å². The van der Waals surface area contributed by atoms with E-state index in [0.717, 1.165) is 31.7 Å². The van der Waals surface area contributed by atoms with Gasteiger partial charge in [-0.25, -0.2) is 0 Å². The zero-order chi connectivity index (χ0) is 17.5. The Hall–Kier alpha value is -1.92. The second-order valence-corrected chi connectivity index (χ2v) is 6.45. The average molecular weight is 332 g/mol. The van der Waals surface area contributed by atoms with Gasteiger partial charge in [0.2, 0.25) is 5.91 Å². The molecule has 0 saturated carbocycles. The van der Waals surface area contributed by atoms with Gasteiger partial charge in [0.1, 0.15) is 5.78 Å². The number of amides is 1. The molecule has 6 nitrogen and oxygen atoms in total.